The van der Waals surface area contributed by atoms with Gasteiger partial charge in [0.2, 0.25) is 15.9 Å². The number of methoxy groups -OCH3 is 1. The van der Waals surface area contributed by atoms with Crippen LogP contribution in [-0.2, 0) is 24.8 Å². The van der Waals surface area contributed by atoms with Gasteiger partial charge in [-0.15, -0.1) is 11.3 Å². The fourth-order valence-electron chi connectivity index (χ4n) is 3.01. The minimum Gasteiger partial charge on any atom is -0.495 e. The molecule has 1 heterocycles. The third-order valence-corrected chi connectivity index (χ3v) is 8.27. The monoisotopic (exact) mass is 544 g/mol. The lowest BCUT2D eigenvalue weighted by Crippen LogP contribution is -2.45. The Bertz CT molecular complexity index is 1380. The van der Waals surface area contributed by atoms with E-state index >= 15 is 0 Å². The van der Waals surface area contributed by atoms with Crippen LogP contribution in [0.1, 0.15) is 6.92 Å². The van der Waals surface area contributed by atoms with Crippen molar-refractivity contribution in [1.82, 2.24) is 4.98 Å². The molecule has 2 N–H and O–H groups in total. The Labute approximate surface area is 206 Å². The maximum absolute atomic E-state index is 12.9. The maximum Gasteiger partial charge on any atom is 0.263 e. The number of rotatable bonds is 9. The molecule has 10 nitrogen and oxygen atoms in total. The number of aromatic nitrogens is 1. The Kier molecular flexibility index (Phi) is 7.70. The summed E-state index contributed by atoms with van der Waals surface area (Å²) >= 11 is 7.27. The SMILES string of the molecule is COc1ccc(N(C(C)C(=O)Nc2ccc(S(=O)(=O)Nc3nccs3)cc2)S(C)(=O)=O)cc1Cl. The Balaban J connectivity index is 1.78. The first-order valence-corrected chi connectivity index (χ1v) is 14.2. The zero-order valence-corrected chi connectivity index (χ0v) is 21.4. The number of hydrogen-bond acceptors (Lipinski definition) is 8. The van der Waals surface area contributed by atoms with Crippen LogP contribution >= 0.6 is 22.9 Å². The van der Waals surface area contributed by atoms with E-state index in [-0.39, 0.29) is 26.4 Å². The molecule has 1 amide bonds. The summed E-state index contributed by atoms with van der Waals surface area (Å²) in [6, 6.07) is 8.65. The summed E-state index contributed by atoms with van der Waals surface area (Å²) in [6.07, 6.45) is 2.45. The number of sulfonamides is 2. The second-order valence-electron chi connectivity index (χ2n) is 7.01. The smallest absolute Gasteiger partial charge is 0.263 e. The van der Waals surface area contributed by atoms with Gasteiger partial charge in [0.05, 0.1) is 29.0 Å². The van der Waals surface area contributed by atoms with Gasteiger partial charge in [0.15, 0.2) is 5.13 Å². The summed E-state index contributed by atoms with van der Waals surface area (Å²) in [6.45, 7) is 1.42. The van der Waals surface area contributed by atoms with Gasteiger partial charge in [-0.2, -0.15) is 0 Å². The molecule has 0 aliphatic rings. The van der Waals surface area contributed by atoms with Crippen LogP contribution in [0.2, 0.25) is 5.02 Å². The van der Waals surface area contributed by atoms with E-state index in [1.807, 2.05) is 0 Å². The zero-order valence-electron chi connectivity index (χ0n) is 18.2. The molecule has 3 aromatic rings. The maximum atomic E-state index is 12.9. The third-order valence-electron chi connectivity index (χ3n) is 4.56. The van der Waals surface area contributed by atoms with Crippen molar-refractivity contribution in [3.63, 3.8) is 0 Å². The number of benzene rings is 2. The summed E-state index contributed by atoms with van der Waals surface area (Å²) in [5.41, 5.74) is 0.469. The van der Waals surface area contributed by atoms with Gasteiger partial charge in [0, 0.05) is 17.3 Å². The molecule has 182 valence electrons. The molecular weight excluding hydrogens is 524 g/mol. The number of thiazole rings is 1. The first-order chi connectivity index (χ1) is 15.9. The van der Waals surface area contributed by atoms with Gasteiger partial charge in [-0.3, -0.25) is 13.8 Å². The van der Waals surface area contributed by atoms with Gasteiger partial charge < -0.3 is 10.1 Å². The molecule has 14 heteroatoms. The van der Waals surface area contributed by atoms with Crippen molar-refractivity contribution in [2.24, 2.45) is 0 Å². The first kappa shape index (κ1) is 25.7. The minimum absolute atomic E-state index is 0.0283. The topological polar surface area (TPSA) is 135 Å². The zero-order chi connectivity index (χ0) is 25.1. The Hall–Kier alpha value is -2.87. The van der Waals surface area contributed by atoms with E-state index in [4.69, 9.17) is 16.3 Å². The number of nitrogens with one attached hydrogen (secondary N) is 2. The number of carbonyl (C=O) groups is 1. The van der Waals surface area contributed by atoms with E-state index in [0.717, 1.165) is 21.9 Å². The molecule has 0 radical (unpaired) electrons. The van der Waals surface area contributed by atoms with Crippen LogP contribution in [0, 0.1) is 0 Å². The summed E-state index contributed by atoms with van der Waals surface area (Å²) in [7, 11) is -6.28. The first-order valence-electron chi connectivity index (χ1n) is 9.58. The number of anilines is 3. The van der Waals surface area contributed by atoms with Crippen LogP contribution in [0.4, 0.5) is 16.5 Å². The highest BCUT2D eigenvalue weighted by Crippen LogP contribution is 2.31. The van der Waals surface area contributed by atoms with Gasteiger partial charge >= 0.3 is 0 Å². The highest BCUT2D eigenvalue weighted by Gasteiger charge is 2.30. The fraction of sp³-hybridized carbons (Fsp3) is 0.200. The second kappa shape index (κ2) is 10.2. The number of ether oxygens (including phenoxy) is 1. The van der Waals surface area contributed by atoms with Crippen molar-refractivity contribution < 1.29 is 26.4 Å². The molecule has 0 fully saturated rings. The van der Waals surface area contributed by atoms with E-state index in [1.165, 1.54) is 62.7 Å². The minimum atomic E-state index is -3.86. The Morgan fingerprint density at radius 3 is 2.35 bits per heavy atom. The normalized spacial score (nSPS) is 12.6. The lowest BCUT2D eigenvalue weighted by Gasteiger charge is -2.28. The third kappa shape index (κ3) is 5.97. The Morgan fingerprint density at radius 2 is 1.82 bits per heavy atom. The predicted molar refractivity (Wildman–Crippen MR) is 133 cm³/mol. The van der Waals surface area contributed by atoms with Crippen molar-refractivity contribution in [2.75, 3.05) is 27.7 Å². The number of halogens is 1. The molecule has 0 saturated carbocycles. The molecule has 34 heavy (non-hydrogen) atoms. The van der Waals surface area contributed by atoms with E-state index in [2.05, 4.69) is 15.0 Å². The summed E-state index contributed by atoms with van der Waals surface area (Å²) in [4.78, 5) is 16.7. The largest absolute Gasteiger partial charge is 0.495 e. The fourth-order valence-corrected chi connectivity index (χ4v) is 6.22. The number of nitrogens with zero attached hydrogens (tertiary/aromatic N) is 2. The van der Waals surface area contributed by atoms with Crippen LogP contribution < -0.4 is 19.1 Å². The molecule has 0 saturated heterocycles. The molecule has 1 atom stereocenters. The number of amides is 1. The van der Waals surface area contributed by atoms with Crippen molar-refractivity contribution in [3.05, 3.63) is 59.1 Å². The lowest BCUT2D eigenvalue weighted by atomic mass is 10.2. The van der Waals surface area contributed by atoms with Crippen LogP contribution in [0.5, 0.6) is 5.75 Å². The van der Waals surface area contributed by atoms with Gasteiger partial charge in [-0.05, 0) is 49.4 Å². The van der Waals surface area contributed by atoms with E-state index in [1.54, 1.807) is 5.38 Å². The van der Waals surface area contributed by atoms with Crippen molar-refractivity contribution >= 4 is 65.4 Å². The molecule has 1 aromatic heterocycles. The summed E-state index contributed by atoms with van der Waals surface area (Å²) < 4.78 is 58.2. The highest BCUT2D eigenvalue weighted by atomic mass is 35.5. The summed E-state index contributed by atoms with van der Waals surface area (Å²) in [5.74, 6) is -0.274. The van der Waals surface area contributed by atoms with E-state index in [9.17, 15) is 21.6 Å². The second-order valence-corrected chi connectivity index (χ2v) is 11.9. The molecule has 0 bridgehead atoms. The average Bonchev–Trinajstić information content (AvgIpc) is 3.25. The van der Waals surface area contributed by atoms with Crippen LogP contribution in [-0.4, -0.2) is 47.1 Å². The van der Waals surface area contributed by atoms with Gasteiger partial charge in [0.1, 0.15) is 11.8 Å². The standard InChI is InChI=1S/C20H21ClN4O6S3/c1-13(25(33(3,27)28)15-6-9-18(31-2)17(21)12-15)19(26)23-14-4-7-16(8-5-14)34(29,30)24-20-22-10-11-32-20/h4-13H,1-3H3,(H,22,24)(H,23,26). The van der Waals surface area contributed by atoms with Gasteiger partial charge in [0.25, 0.3) is 10.0 Å². The van der Waals surface area contributed by atoms with Crippen LogP contribution in [0.3, 0.4) is 0 Å². The molecule has 1 unspecified atom stereocenters. The lowest BCUT2D eigenvalue weighted by molar-refractivity contribution is -0.116. The van der Waals surface area contributed by atoms with E-state index in [0.29, 0.717) is 5.75 Å². The molecule has 0 aliphatic carbocycles. The molecule has 3 rings (SSSR count). The van der Waals surface area contributed by atoms with Crippen molar-refractivity contribution in [3.8, 4) is 5.75 Å². The molecule has 0 aliphatic heterocycles. The van der Waals surface area contributed by atoms with Crippen molar-refractivity contribution in [2.45, 2.75) is 17.9 Å². The number of hydrogen-bond donors (Lipinski definition) is 2. The quantitative estimate of drug-likeness (QED) is 0.421. The molecule has 0 spiro atoms. The van der Waals surface area contributed by atoms with Gasteiger partial charge in [-0.1, -0.05) is 11.6 Å². The average molecular weight is 545 g/mol. The summed E-state index contributed by atoms with van der Waals surface area (Å²) in [5, 5.41) is 4.65. The predicted octanol–water partition coefficient (Wildman–Crippen LogP) is 3.40. The van der Waals surface area contributed by atoms with E-state index < -0.39 is 32.0 Å². The molecular formula is C20H21ClN4O6S3. The van der Waals surface area contributed by atoms with Crippen molar-refractivity contribution in [1.29, 1.82) is 0 Å². The highest BCUT2D eigenvalue weighted by molar-refractivity contribution is 7.93. The van der Waals surface area contributed by atoms with Gasteiger partial charge in [-0.25, -0.2) is 21.8 Å². The molecule has 2 aromatic carbocycles. The number of carbonyl (C=O) groups excluding carboxylic acids is 1. The Morgan fingerprint density at radius 1 is 1.15 bits per heavy atom. The van der Waals surface area contributed by atoms with Crippen LogP contribution in [0.15, 0.2) is 58.9 Å². The van der Waals surface area contributed by atoms with Crippen LogP contribution in [0.25, 0.3) is 0 Å².